The molecule has 0 aliphatic carbocycles. The SMILES string of the molecule is CCOc1cc(CN2CCC(C(=O)NC(C)c3ccccc3)CC2)ccc1O.O=C(O)C(=O)O. The fraction of sp³-hybridized carbons (Fsp3) is 0.400. The van der Waals surface area contributed by atoms with Gasteiger partial charge in [0.05, 0.1) is 12.6 Å². The van der Waals surface area contributed by atoms with E-state index in [1.807, 2.05) is 56.3 Å². The summed E-state index contributed by atoms with van der Waals surface area (Å²) in [6.45, 7) is 7.04. The normalized spacial score (nSPS) is 14.9. The van der Waals surface area contributed by atoms with Crippen LogP contribution in [0, 0.1) is 5.92 Å². The van der Waals surface area contributed by atoms with Gasteiger partial charge in [0.1, 0.15) is 0 Å². The van der Waals surface area contributed by atoms with Gasteiger partial charge in [-0.1, -0.05) is 36.4 Å². The first kappa shape index (κ1) is 26.7. The van der Waals surface area contributed by atoms with Gasteiger partial charge < -0.3 is 25.4 Å². The number of phenolic OH excluding ortho intramolecular Hbond substituents is 1. The maximum atomic E-state index is 12.6. The first-order valence-corrected chi connectivity index (χ1v) is 11.2. The highest BCUT2D eigenvalue weighted by molar-refractivity contribution is 6.27. The maximum Gasteiger partial charge on any atom is 0.414 e. The number of likely N-dealkylation sites (tertiary alicyclic amines) is 1. The van der Waals surface area contributed by atoms with Gasteiger partial charge in [0.2, 0.25) is 5.91 Å². The van der Waals surface area contributed by atoms with Gasteiger partial charge in [-0.3, -0.25) is 9.69 Å². The molecule has 184 valence electrons. The molecule has 0 bridgehead atoms. The number of carbonyl (C=O) groups excluding carboxylic acids is 1. The molecule has 1 aliphatic rings. The van der Waals surface area contributed by atoms with Crippen LogP contribution < -0.4 is 10.1 Å². The van der Waals surface area contributed by atoms with Crippen LogP contribution in [0.3, 0.4) is 0 Å². The summed E-state index contributed by atoms with van der Waals surface area (Å²) >= 11 is 0. The van der Waals surface area contributed by atoms with Crippen LogP contribution in [0.4, 0.5) is 0 Å². The Bertz CT molecular complexity index is 945. The van der Waals surface area contributed by atoms with E-state index in [0.717, 1.165) is 43.6 Å². The molecule has 2 aromatic carbocycles. The zero-order valence-corrected chi connectivity index (χ0v) is 19.4. The minimum atomic E-state index is -1.82. The van der Waals surface area contributed by atoms with Crippen LogP contribution in [-0.2, 0) is 20.9 Å². The summed E-state index contributed by atoms with van der Waals surface area (Å²) in [4.78, 5) is 33.2. The largest absolute Gasteiger partial charge is 0.504 e. The topological polar surface area (TPSA) is 136 Å². The standard InChI is InChI=1S/C23H30N2O3.C2H2O4/c1-3-28-22-15-18(9-10-21(22)26)16-25-13-11-20(12-14-25)23(27)24-17(2)19-7-5-4-6-8-19;3-1(4)2(5)6/h4-10,15,17,20,26H,3,11-14,16H2,1-2H3,(H,24,27);(H,3,4)(H,5,6). The average Bonchev–Trinajstić information content (AvgIpc) is 2.82. The van der Waals surface area contributed by atoms with Gasteiger partial charge in [0.25, 0.3) is 0 Å². The highest BCUT2D eigenvalue weighted by Gasteiger charge is 2.26. The molecule has 34 heavy (non-hydrogen) atoms. The van der Waals surface area contributed by atoms with Crippen LogP contribution in [0.5, 0.6) is 11.5 Å². The van der Waals surface area contributed by atoms with Crippen molar-refractivity contribution in [2.24, 2.45) is 5.92 Å². The van der Waals surface area contributed by atoms with E-state index in [1.54, 1.807) is 6.07 Å². The molecule has 1 amide bonds. The number of benzene rings is 2. The zero-order valence-electron chi connectivity index (χ0n) is 19.4. The second-order valence-electron chi connectivity index (χ2n) is 8.04. The Morgan fingerprint density at radius 1 is 1.06 bits per heavy atom. The number of rotatable bonds is 7. The van der Waals surface area contributed by atoms with Gasteiger partial charge in [0.15, 0.2) is 11.5 Å². The van der Waals surface area contributed by atoms with Crippen molar-refractivity contribution >= 4 is 17.8 Å². The highest BCUT2D eigenvalue weighted by atomic mass is 16.5. The van der Waals surface area contributed by atoms with Crippen LogP contribution in [0.25, 0.3) is 0 Å². The summed E-state index contributed by atoms with van der Waals surface area (Å²) in [5, 5.41) is 27.8. The molecule has 1 unspecified atom stereocenters. The first-order chi connectivity index (χ1) is 16.2. The third-order valence-electron chi connectivity index (χ3n) is 5.53. The number of carbonyl (C=O) groups is 3. The Kier molecular flexibility index (Phi) is 10.3. The molecule has 1 aliphatic heterocycles. The van der Waals surface area contributed by atoms with Crippen LogP contribution in [0.15, 0.2) is 48.5 Å². The molecule has 1 atom stereocenters. The predicted octanol–water partition coefficient (Wildman–Crippen LogP) is 3.04. The van der Waals surface area contributed by atoms with Crippen molar-refractivity contribution in [3.63, 3.8) is 0 Å². The number of carboxylic acids is 2. The number of carboxylic acid groups (broad SMARTS) is 2. The van der Waals surface area contributed by atoms with Gasteiger partial charge in [-0.05, 0) is 63.0 Å². The van der Waals surface area contributed by atoms with Crippen molar-refractivity contribution in [2.45, 2.75) is 39.3 Å². The van der Waals surface area contributed by atoms with Crippen LogP contribution in [0.1, 0.15) is 43.9 Å². The van der Waals surface area contributed by atoms with E-state index < -0.39 is 11.9 Å². The monoisotopic (exact) mass is 472 g/mol. The Morgan fingerprint density at radius 2 is 1.68 bits per heavy atom. The summed E-state index contributed by atoms with van der Waals surface area (Å²) in [6, 6.07) is 15.6. The lowest BCUT2D eigenvalue weighted by atomic mass is 9.95. The van der Waals surface area contributed by atoms with E-state index in [9.17, 15) is 9.90 Å². The fourth-order valence-corrected chi connectivity index (χ4v) is 3.70. The molecule has 0 spiro atoms. The number of hydrogen-bond donors (Lipinski definition) is 4. The number of amides is 1. The summed E-state index contributed by atoms with van der Waals surface area (Å²) < 4.78 is 5.47. The van der Waals surface area contributed by atoms with Crippen molar-refractivity contribution in [2.75, 3.05) is 19.7 Å². The van der Waals surface area contributed by atoms with E-state index in [-0.39, 0.29) is 23.6 Å². The van der Waals surface area contributed by atoms with Crippen LogP contribution >= 0.6 is 0 Å². The number of hydrogen-bond acceptors (Lipinski definition) is 6. The van der Waals surface area contributed by atoms with Crippen LogP contribution in [0.2, 0.25) is 0 Å². The lowest BCUT2D eigenvalue weighted by molar-refractivity contribution is -0.159. The molecular weight excluding hydrogens is 440 g/mol. The maximum absolute atomic E-state index is 12.6. The van der Waals surface area contributed by atoms with E-state index in [4.69, 9.17) is 24.5 Å². The average molecular weight is 473 g/mol. The number of phenols is 1. The van der Waals surface area contributed by atoms with Crippen molar-refractivity contribution in [3.8, 4) is 11.5 Å². The molecule has 1 saturated heterocycles. The lowest BCUT2D eigenvalue weighted by Crippen LogP contribution is -2.40. The molecule has 1 heterocycles. The van der Waals surface area contributed by atoms with E-state index >= 15 is 0 Å². The third kappa shape index (κ3) is 8.40. The van der Waals surface area contributed by atoms with E-state index in [1.165, 1.54) is 0 Å². The second-order valence-corrected chi connectivity index (χ2v) is 8.04. The molecule has 9 heteroatoms. The lowest BCUT2D eigenvalue weighted by Gasteiger charge is -2.32. The highest BCUT2D eigenvalue weighted by Crippen LogP contribution is 2.28. The summed E-state index contributed by atoms with van der Waals surface area (Å²) in [5.74, 6) is -2.72. The first-order valence-electron chi connectivity index (χ1n) is 11.2. The van der Waals surface area contributed by atoms with Crippen molar-refractivity contribution in [1.29, 1.82) is 0 Å². The minimum Gasteiger partial charge on any atom is -0.504 e. The van der Waals surface area contributed by atoms with E-state index in [0.29, 0.717) is 12.4 Å². The predicted molar refractivity (Wildman–Crippen MR) is 126 cm³/mol. The van der Waals surface area contributed by atoms with Crippen LogP contribution in [-0.4, -0.2) is 57.8 Å². The number of nitrogens with zero attached hydrogens (tertiary/aromatic N) is 1. The molecule has 1 fully saturated rings. The molecule has 0 radical (unpaired) electrons. The summed E-state index contributed by atoms with van der Waals surface area (Å²) in [6.07, 6.45) is 1.73. The Morgan fingerprint density at radius 3 is 2.24 bits per heavy atom. The number of aromatic hydroxyl groups is 1. The molecule has 9 nitrogen and oxygen atoms in total. The second kappa shape index (κ2) is 13.2. The minimum absolute atomic E-state index is 0.0284. The van der Waals surface area contributed by atoms with Crippen molar-refractivity contribution in [3.05, 3.63) is 59.7 Å². The Labute approximate surface area is 199 Å². The number of ether oxygens (including phenoxy) is 1. The Balaban J connectivity index is 0.000000604. The molecular formula is C25H32N2O7. The molecule has 4 N–H and O–H groups in total. The number of piperidine rings is 1. The Hall–Kier alpha value is -3.59. The van der Waals surface area contributed by atoms with Gasteiger partial charge in [0, 0.05) is 12.5 Å². The quantitative estimate of drug-likeness (QED) is 0.452. The molecule has 0 saturated carbocycles. The summed E-state index contributed by atoms with van der Waals surface area (Å²) in [7, 11) is 0. The molecule has 0 aromatic heterocycles. The smallest absolute Gasteiger partial charge is 0.414 e. The summed E-state index contributed by atoms with van der Waals surface area (Å²) in [5.41, 5.74) is 2.24. The van der Waals surface area contributed by atoms with Gasteiger partial charge in [-0.25, -0.2) is 9.59 Å². The molecule has 3 rings (SSSR count). The van der Waals surface area contributed by atoms with Gasteiger partial charge in [-0.2, -0.15) is 0 Å². The van der Waals surface area contributed by atoms with Crippen molar-refractivity contribution < 1.29 is 34.4 Å². The fourth-order valence-electron chi connectivity index (χ4n) is 3.70. The number of aliphatic carboxylic acids is 2. The van der Waals surface area contributed by atoms with Crippen molar-refractivity contribution in [1.82, 2.24) is 10.2 Å². The van der Waals surface area contributed by atoms with Gasteiger partial charge >= 0.3 is 11.9 Å². The van der Waals surface area contributed by atoms with Gasteiger partial charge in [-0.15, -0.1) is 0 Å². The number of nitrogens with one attached hydrogen (secondary N) is 1. The van der Waals surface area contributed by atoms with E-state index in [2.05, 4.69) is 10.2 Å². The molecule has 2 aromatic rings. The third-order valence-corrected chi connectivity index (χ3v) is 5.53. The zero-order chi connectivity index (χ0) is 25.1.